The highest BCUT2D eigenvalue weighted by Gasteiger charge is 2.11. The van der Waals surface area contributed by atoms with Gasteiger partial charge in [-0.3, -0.25) is 9.59 Å². The number of para-hydroxylation sites is 1. The van der Waals surface area contributed by atoms with Gasteiger partial charge in [0.15, 0.2) is 6.29 Å². The first-order valence-electron chi connectivity index (χ1n) is 4.62. The van der Waals surface area contributed by atoms with Gasteiger partial charge < -0.3 is 10.4 Å². The van der Waals surface area contributed by atoms with Crippen molar-refractivity contribution < 1.29 is 19.5 Å². The molecule has 1 radical (unpaired) electrons. The van der Waals surface area contributed by atoms with Gasteiger partial charge in [-0.25, -0.2) is 4.79 Å². The van der Waals surface area contributed by atoms with Crippen LogP contribution in [0.25, 0.3) is 0 Å². The molecular formula is C11H10NO4. The summed E-state index contributed by atoms with van der Waals surface area (Å²) in [5.74, 6) is -1.52. The lowest BCUT2D eigenvalue weighted by Crippen LogP contribution is -2.14. The SMILES string of the molecule is O=[C]CCC(=O)Nc1ccccc1C(=O)O. The Morgan fingerprint density at radius 3 is 2.62 bits per heavy atom. The van der Waals surface area contributed by atoms with Crippen LogP contribution in [0.4, 0.5) is 5.69 Å². The van der Waals surface area contributed by atoms with Gasteiger partial charge >= 0.3 is 5.97 Å². The number of anilines is 1. The normalized spacial score (nSPS) is 9.50. The summed E-state index contributed by atoms with van der Waals surface area (Å²) in [6.45, 7) is 0. The molecule has 0 heterocycles. The van der Waals surface area contributed by atoms with E-state index in [0.717, 1.165) is 0 Å². The highest BCUT2D eigenvalue weighted by atomic mass is 16.4. The minimum atomic E-state index is -1.11. The molecule has 16 heavy (non-hydrogen) atoms. The molecule has 2 N–H and O–H groups in total. The molecule has 0 aromatic heterocycles. The van der Waals surface area contributed by atoms with Gasteiger partial charge in [0.1, 0.15) is 0 Å². The van der Waals surface area contributed by atoms with Crippen molar-refractivity contribution in [3.63, 3.8) is 0 Å². The van der Waals surface area contributed by atoms with E-state index in [1.165, 1.54) is 12.1 Å². The van der Waals surface area contributed by atoms with Gasteiger partial charge in [-0.1, -0.05) is 12.1 Å². The summed E-state index contributed by atoms with van der Waals surface area (Å²) < 4.78 is 0. The summed E-state index contributed by atoms with van der Waals surface area (Å²) in [5, 5.41) is 11.3. The molecular weight excluding hydrogens is 210 g/mol. The second-order valence-corrected chi connectivity index (χ2v) is 3.04. The first-order valence-corrected chi connectivity index (χ1v) is 4.62. The Morgan fingerprint density at radius 1 is 1.31 bits per heavy atom. The monoisotopic (exact) mass is 220 g/mol. The lowest BCUT2D eigenvalue weighted by Gasteiger charge is -2.06. The Morgan fingerprint density at radius 2 is 2.00 bits per heavy atom. The smallest absolute Gasteiger partial charge is 0.337 e. The summed E-state index contributed by atoms with van der Waals surface area (Å²) in [6, 6.07) is 6.07. The standard InChI is InChI=1S/C11H10NO4/c13-7-3-6-10(14)12-9-5-2-1-4-8(9)11(15)16/h1-2,4-5H,3,6H2,(H,12,14)(H,15,16). The van der Waals surface area contributed by atoms with Gasteiger partial charge in [0.05, 0.1) is 11.3 Å². The van der Waals surface area contributed by atoms with Crippen LogP contribution in [0.15, 0.2) is 24.3 Å². The van der Waals surface area contributed by atoms with E-state index >= 15 is 0 Å². The van der Waals surface area contributed by atoms with Crippen molar-refractivity contribution in [2.24, 2.45) is 0 Å². The fourth-order valence-electron chi connectivity index (χ4n) is 1.16. The molecule has 1 aromatic carbocycles. The van der Waals surface area contributed by atoms with Crippen LogP contribution in [0.3, 0.4) is 0 Å². The number of hydrogen-bond donors (Lipinski definition) is 2. The molecule has 1 aromatic rings. The van der Waals surface area contributed by atoms with Crippen molar-refractivity contribution in [3.8, 4) is 0 Å². The third kappa shape index (κ3) is 3.20. The molecule has 1 rings (SSSR count). The fourth-order valence-corrected chi connectivity index (χ4v) is 1.16. The Balaban J connectivity index is 2.76. The lowest BCUT2D eigenvalue weighted by atomic mass is 10.1. The maximum Gasteiger partial charge on any atom is 0.337 e. The predicted octanol–water partition coefficient (Wildman–Crippen LogP) is 1.21. The molecule has 5 heteroatoms. The molecule has 0 aliphatic carbocycles. The van der Waals surface area contributed by atoms with Crippen LogP contribution < -0.4 is 5.32 Å². The summed E-state index contributed by atoms with van der Waals surface area (Å²) in [6.07, 6.45) is 1.59. The van der Waals surface area contributed by atoms with Crippen LogP contribution in [0.1, 0.15) is 23.2 Å². The van der Waals surface area contributed by atoms with E-state index < -0.39 is 11.9 Å². The van der Waals surface area contributed by atoms with Gasteiger partial charge in [-0.2, -0.15) is 0 Å². The molecule has 0 unspecified atom stereocenters. The largest absolute Gasteiger partial charge is 0.478 e. The van der Waals surface area contributed by atoms with Crippen LogP contribution in [0.2, 0.25) is 0 Å². The van der Waals surface area contributed by atoms with Gasteiger partial charge in [0, 0.05) is 12.8 Å². The van der Waals surface area contributed by atoms with Crippen LogP contribution >= 0.6 is 0 Å². The van der Waals surface area contributed by atoms with Crippen molar-refractivity contribution in [2.45, 2.75) is 12.8 Å². The number of aromatic carboxylic acids is 1. The topological polar surface area (TPSA) is 83.5 Å². The number of carbonyl (C=O) groups excluding carboxylic acids is 2. The van der Waals surface area contributed by atoms with Crippen molar-refractivity contribution in [3.05, 3.63) is 29.8 Å². The van der Waals surface area contributed by atoms with Gasteiger partial charge in [0.2, 0.25) is 5.91 Å². The fraction of sp³-hybridized carbons (Fsp3) is 0.182. The molecule has 83 valence electrons. The van der Waals surface area contributed by atoms with E-state index in [2.05, 4.69) is 5.32 Å². The minimum Gasteiger partial charge on any atom is -0.478 e. The van der Waals surface area contributed by atoms with Gasteiger partial charge in [-0.15, -0.1) is 0 Å². The van der Waals surface area contributed by atoms with Crippen LogP contribution in [-0.2, 0) is 9.59 Å². The van der Waals surface area contributed by atoms with Crippen LogP contribution in [0, 0.1) is 0 Å². The molecule has 0 atom stereocenters. The average Bonchev–Trinajstić information content (AvgIpc) is 2.27. The maximum absolute atomic E-state index is 11.3. The van der Waals surface area contributed by atoms with E-state index in [-0.39, 0.29) is 24.1 Å². The highest BCUT2D eigenvalue weighted by Crippen LogP contribution is 2.15. The van der Waals surface area contributed by atoms with E-state index in [1.54, 1.807) is 18.4 Å². The lowest BCUT2D eigenvalue weighted by molar-refractivity contribution is -0.116. The summed E-state index contributed by atoms with van der Waals surface area (Å²) in [5.41, 5.74) is 0.247. The van der Waals surface area contributed by atoms with Crippen molar-refractivity contribution >= 4 is 23.9 Å². The zero-order valence-corrected chi connectivity index (χ0v) is 8.40. The van der Waals surface area contributed by atoms with Crippen LogP contribution in [-0.4, -0.2) is 23.3 Å². The van der Waals surface area contributed by atoms with E-state index in [0.29, 0.717) is 0 Å². The number of rotatable bonds is 5. The van der Waals surface area contributed by atoms with E-state index in [4.69, 9.17) is 5.11 Å². The second-order valence-electron chi connectivity index (χ2n) is 3.04. The summed E-state index contributed by atoms with van der Waals surface area (Å²) in [7, 11) is 0. The number of amides is 1. The molecule has 0 aliphatic heterocycles. The molecule has 0 saturated carbocycles. The predicted molar refractivity (Wildman–Crippen MR) is 57.0 cm³/mol. The van der Waals surface area contributed by atoms with Crippen LogP contribution in [0.5, 0.6) is 0 Å². The first-order chi connectivity index (χ1) is 7.65. The number of hydrogen-bond acceptors (Lipinski definition) is 3. The zero-order valence-electron chi connectivity index (χ0n) is 8.40. The zero-order chi connectivity index (χ0) is 12.0. The molecule has 0 fully saturated rings. The third-order valence-electron chi connectivity index (χ3n) is 1.89. The minimum absolute atomic E-state index is 0.00106. The number of carboxylic acids is 1. The average molecular weight is 220 g/mol. The number of carboxylic acid groups (broad SMARTS) is 1. The Labute approximate surface area is 92.1 Å². The highest BCUT2D eigenvalue weighted by molar-refractivity contribution is 6.00. The Bertz CT molecular complexity index is 414. The van der Waals surface area contributed by atoms with E-state index in [1.807, 2.05) is 0 Å². The van der Waals surface area contributed by atoms with E-state index in [9.17, 15) is 14.4 Å². The quantitative estimate of drug-likeness (QED) is 0.781. The second kappa shape index (κ2) is 5.65. The maximum atomic E-state index is 11.3. The molecule has 1 amide bonds. The molecule has 0 bridgehead atoms. The van der Waals surface area contributed by atoms with Crippen molar-refractivity contribution in [1.82, 2.24) is 0 Å². The van der Waals surface area contributed by atoms with Crippen molar-refractivity contribution in [1.29, 1.82) is 0 Å². The number of benzene rings is 1. The molecule has 0 spiro atoms. The summed E-state index contributed by atoms with van der Waals surface area (Å²) in [4.78, 5) is 32.0. The van der Waals surface area contributed by atoms with Gasteiger partial charge in [0.25, 0.3) is 0 Å². The Hall–Kier alpha value is -2.17. The Kier molecular flexibility index (Phi) is 4.20. The number of carbonyl (C=O) groups is 2. The van der Waals surface area contributed by atoms with Gasteiger partial charge in [-0.05, 0) is 12.1 Å². The molecule has 0 saturated heterocycles. The van der Waals surface area contributed by atoms with Crippen molar-refractivity contribution in [2.75, 3.05) is 5.32 Å². The summed E-state index contributed by atoms with van der Waals surface area (Å²) >= 11 is 0. The first kappa shape index (κ1) is 11.9. The number of nitrogens with one attached hydrogen (secondary N) is 1. The molecule has 5 nitrogen and oxygen atoms in total. The third-order valence-corrected chi connectivity index (χ3v) is 1.89. The molecule has 0 aliphatic rings.